The molecular weight excluding hydrogens is 617 g/mol. The first kappa shape index (κ1) is 38.5. The van der Waals surface area contributed by atoms with Crippen LogP contribution >= 0.6 is 0 Å². The van der Waals surface area contributed by atoms with E-state index < -0.39 is 0 Å². The molecule has 266 valence electrons. The Morgan fingerprint density at radius 1 is 0.440 bits per heavy atom. The van der Waals surface area contributed by atoms with Gasteiger partial charge in [0.05, 0.1) is 36.0 Å². The lowest BCUT2D eigenvalue weighted by Crippen LogP contribution is -2.13. The molecule has 0 bridgehead atoms. The molecule has 0 saturated heterocycles. The Labute approximate surface area is 301 Å². The van der Waals surface area contributed by atoms with Crippen molar-refractivity contribution in [1.29, 1.82) is 0 Å². The van der Waals surface area contributed by atoms with E-state index in [-0.39, 0.29) is 0 Å². The van der Waals surface area contributed by atoms with Crippen LogP contribution in [0.3, 0.4) is 0 Å². The molecule has 4 aromatic carbocycles. The fraction of sp³-hybridized carbons (Fsp3) is 0.455. The maximum absolute atomic E-state index is 6.00. The Morgan fingerprint density at radius 3 is 1.06 bits per heavy atom. The predicted octanol–water partition coefficient (Wildman–Crippen LogP) is 14.0. The number of hydrogen-bond acceptors (Lipinski definition) is 6. The minimum atomic E-state index is 0.348. The van der Waals surface area contributed by atoms with Crippen LogP contribution in [0.2, 0.25) is 0 Å². The molecule has 0 aliphatic rings. The second-order valence-corrected chi connectivity index (χ2v) is 16.2. The van der Waals surface area contributed by atoms with Gasteiger partial charge in [-0.25, -0.2) is 0 Å². The molecule has 6 nitrogen and oxygen atoms in total. The molecule has 0 heterocycles. The molecule has 0 aliphatic heterocycles. The molecule has 4 aromatic rings. The molecule has 2 unspecified atom stereocenters. The van der Waals surface area contributed by atoms with Crippen molar-refractivity contribution in [2.24, 2.45) is 43.1 Å². The summed E-state index contributed by atoms with van der Waals surface area (Å²) >= 11 is 0. The Hall–Kier alpha value is -4.32. The number of ether oxygens (including phenoxy) is 2. The lowest BCUT2D eigenvalue weighted by Gasteiger charge is -2.23. The molecular formula is C44H58N4O2. The van der Waals surface area contributed by atoms with Gasteiger partial charge in [0.2, 0.25) is 0 Å². The monoisotopic (exact) mass is 674 g/mol. The molecule has 0 fully saturated rings. The number of azo groups is 2. The maximum atomic E-state index is 6.00. The van der Waals surface area contributed by atoms with Crippen LogP contribution in [0.5, 0.6) is 11.5 Å². The zero-order chi connectivity index (χ0) is 36.0. The smallest absolute Gasteiger partial charge is 0.119 e. The van der Waals surface area contributed by atoms with E-state index in [2.05, 4.69) is 112 Å². The first-order chi connectivity index (χ1) is 23.8. The Kier molecular flexibility index (Phi) is 14.3. The van der Waals surface area contributed by atoms with Crippen molar-refractivity contribution in [3.05, 3.63) is 108 Å². The molecule has 0 radical (unpaired) electrons. The van der Waals surface area contributed by atoms with Crippen LogP contribution in [0.25, 0.3) is 0 Å². The van der Waals surface area contributed by atoms with Crippen molar-refractivity contribution in [1.82, 2.24) is 0 Å². The SMILES string of the molecule is CC(CCOc1ccc(CCc2ccc(N=Nc3ccc(N=Nc4ccc(OCCC(C)CC(C)(C)C)cc4)cc3)cc2)cc1)CC(C)(C)C. The fourth-order valence-corrected chi connectivity index (χ4v) is 6.25. The van der Waals surface area contributed by atoms with Crippen molar-refractivity contribution in [3.8, 4) is 11.5 Å². The van der Waals surface area contributed by atoms with Gasteiger partial charge in [0, 0.05) is 0 Å². The Balaban J connectivity index is 1.16. The van der Waals surface area contributed by atoms with Gasteiger partial charge in [-0.15, -0.1) is 0 Å². The topological polar surface area (TPSA) is 67.9 Å². The maximum Gasteiger partial charge on any atom is 0.119 e. The highest BCUT2D eigenvalue weighted by Crippen LogP contribution is 2.28. The normalized spacial score (nSPS) is 13.5. The van der Waals surface area contributed by atoms with Crippen LogP contribution in [0, 0.1) is 22.7 Å². The average molecular weight is 675 g/mol. The molecule has 0 aromatic heterocycles. The number of hydrogen-bond donors (Lipinski definition) is 0. The van der Waals surface area contributed by atoms with Crippen LogP contribution in [0.4, 0.5) is 22.7 Å². The Bertz CT molecular complexity index is 1610. The van der Waals surface area contributed by atoms with E-state index in [0.717, 1.165) is 73.1 Å². The van der Waals surface area contributed by atoms with Gasteiger partial charge in [-0.05, 0) is 145 Å². The van der Waals surface area contributed by atoms with E-state index in [4.69, 9.17) is 9.47 Å². The molecule has 2 atom stereocenters. The Morgan fingerprint density at radius 2 is 0.720 bits per heavy atom. The largest absolute Gasteiger partial charge is 0.494 e. The van der Waals surface area contributed by atoms with E-state index in [1.807, 2.05) is 60.7 Å². The van der Waals surface area contributed by atoms with E-state index in [9.17, 15) is 0 Å². The standard InChI is InChI=1S/C44H58N4O2/c1-33(31-43(3,4)5)27-29-49-41-23-13-36(14-24-41)10-9-35-11-15-37(16-12-35)45-46-38-17-19-39(20-18-38)47-48-40-21-25-42(26-22-40)50-30-28-34(2)32-44(6,7)8/h11-26,33-34H,9-10,27-32H2,1-8H3. The van der Waals surface area contributed by atoms with Gasteiger partial charge in [0.25, 0.3) is 0 Å². The van der Waals surface area contributed by atoms with Crippen molar-refractivity contribution >= 4 is 22.7 Å². The van der Waals surface area contributed by atoms with Gasteiger partial charge in [-0.3, -0.25) is 0 Å². The third-order valence-electron chi connectivity index (χ3n) is 8.49. The number of aryl methyl sites for hydroxylation is 2. The highest BCUT2D eigenvalue weighted by atomic mass is 16.5. The summed E-state index contributed by atoms with van der Waals surface area (Å²) in [6.45, 7) is 19.8. The van der Waals surface area contributed by atoms with Crippen LogP contribution < -0.4 is 9.47 Å². The zero-order valence-corrected chi connectivity index (χ0v) is 31.7. The number of benzene rings is 4. The van der Waals surface area contributed by atoms with Crippen molar-refractivity contribution in [2.75, 3.05) is 13.2 Å². The van der Waals surface area contributed by atoms with E-state index in [1.165, 1.54) is 24.0 Å². The lowest BCUT2D eigenvalue weighted by molar-refractivity contribution is 0.240. The van der Waals surface area contributed by atoms with Crippen LogP contribution in [-0.2, 0) is 12.8 Å². The summed E-state index contributed by atoms with van der Waals surface area (Å²) in [5, 5.41) is 17.6. The molecule has 4 rings (SSSR count). The molecule has 0 saturated carbocycles. The van der Waals surface area contributed by atoms with Gasteiger partial charge in [0.15, 0.2) is 0 Å². The van der Waals surface area contributed by atoms with Gasteiger partial charge in [0.1, 0.15) is 11.5 Å². The van der Waals surface area contributed by atoms with Gasteiger partial charge >= 0.3 is 0 Å². The van der Waals surface area contributed by atoms with E-state index in [1.54, 1.807) is 0 Å². The summed E-state index contributed by atoms with van der Waals surface area (Å²) in [4.78, 5) is 0. The predicted molar refractivity (Wildman–Crippen MR) is 208 cm³/mol. The molecule has 50 heavy (non-hydrogen) atoms. The van der Waals surface area contributed by atoms with Crippen LogP contribution in [0.15, 0.2) is 118 Å². The summed E-state index contributed by atoms with van der Waals surface area (Å²) in [5.74, 6) is 3.11. The highest BCUT2D eigenvalue weighted by Gasteiger charge is 2.16. The fourth-order valence-electron chi connectivity index (χ4n) is 6.25. The molecule has 6 heteroatoms. The number of rotatable bonds is 17. The molecule has 0 N–H and O–H groups in total. The second-order valence-electron chi connectivity index (χ2n) is 16.2. The van der Waals surface area contributed by atoms with Crippen LogP contribution in [-0.4, -0.2) is 13.2 Å². The van der Waals surface area contributed by atoms with Gasteiger partial charge in [-0.2, -0.15) is 20.5 Å². The third kappa shape index (κ3) is 15.1. The zero-order valence-electron chi connectivity index (χ0n) is 31.7. The quantitative estimate of drug-likeness (QED) is 0.105. The molecule has 0 amide bonds. The van der Waals surface area contributed by atoms with Gasteiger partial charge in [-0.1, -0.05) is 79.7 Å². The first-order valence-corrected chi connectivity index (χ1v) is 18.3. The lowest BCUT2D eigenvalue weighted by atomic mass is 9.84. The summed E-state index contributed by atoms with van der Waals surface area (Å²) in [7, 11) is 0. The number of nitrogens with zero attached hydrogens (tertiary/aromatic N) is 4. The van der Waals surface area contributed by atoms with Crippen molar-refractivity contribution in [3.63, 3.8) is 0 Å². The minimum Gasteiger partial charge on any atom is -0.494 e. The minimum absolute atomic E-state index is 0.348. The third-order valence-corrected chi connectivity index (χ3v) is 8.49. The van der Waals surface area contributed by atoms with E-state index >= 15 is 0 Å². The van der Waals surface area contributed by atoms with Crippen molar-refractivity contribution < 1.29 is 9.47 Å². The highest BCUT2D eigenvalue weighted by molar-refractivity contribution is 5.48. The van der Waals surface area contributed by atoms with Gasteiger partial charge < -0.3 is 9.47 Å². The summed E-state index contributed by atoms with van der Waals surface area (Å²) in [5.41, 5.74) is 6.41. The second kappa shape index (κ2) is 18.6. The first-order valence-electron chi connectivity index (χ1n) is 18.3. The van der Waals surface area contributed by atoms with Crippen LogP contribution in [0.1, 0.15) is 92.2 Å². The summed E-state index contributed by atoms with van der Waals surface area (Å²) in [6.07, 6.45) is 6.48. The summed E-state index contributed by atoms with van der Waals surface area (Å²) in [6, 6.07) is 32.1. The average Bonchev–Trinajstić information content (AvgIpc) is 3.06. The molecule has 0 aliphatic carbocycles. The van der Waals surface area contributed by atoms with Crippen molar-refractivity contribution in [2.45, 2.75) is 93.9 Å². The van der Waals surface area contributed by atoms with E-state index in [0.29, 0.717) is 22.7 Å². The molecule has 0 spiro atoms. The summed E-state index contributed by atoms with van der Waals surface area (Å²) < 4.78 is 11.9.